The Bertz CT molecular complexity index is 2750. The maximum absolute atomic E-state index is 15.7. The highest BCUT2D eigenvalue weighted by Crippen LogP contribution is 2.38. The molecule has 2 aromatic carbocycles. The third kappa shape index (κ3) is 10.4. The zero-order valence-corrected chi connectivity index (χ0v) is 37.9. The van der Waals surface area contributed by atoms with E-state index in [0.29, 0.717) is 56.0 Å². The summed E-state index contributed by atoms with van der Waals surface area (Å²) < 4.78 is 50.3. The van der Waals surface area contributed by atoms with Crippen LogP contribution in [0.1, 0.15) is 72.7 Å². The number of rotatable bonds is 11. The fourth-order valence-corrected chi connectivity index (χ4v) is 7.93. The largest absolute Gasteiger partial charge is 0.487 e. The third-order valence-corrected chi connectivity index (χ3v) is 10.6. The number of carbonyl (C=O) groups excluding carboxylic acids is 1. The van der Waals surface area contributed by atoms with Crippen molar-refractivity contribution in [3.63, 3.8) is 0 Å². The molecule has 0 aliphatic carbocycles. The number of aromatic nitrogens is 4. The first kappa shape index (κ1) is 47.0. The summed E-state index contributed by atoms with van der Waals surface area (Å²) in [7, 11) is 3.03. The second-order valence-corrected chi connectivity index (χ2v) is 18.0. The van der Waals surface area contributed by atoms with Gasteiger partial charge in [-0.1, -0.05) is 50.9 Å². The number of carbonyl (C=O) groups is 1. The van der Waals surface area contributed by atoms with Crippen LogP contribution in [0.2, 0.25) is 10.0 Å². The van der Waals surface area contributed by atoms with Gasteiger partial charge in [0, 0.05) is 54.1 Å². The highest BCUT2D eigenvalue weighted by atomic mass is 35.5. The Kier molecular flexibility index (Phi) is 14.6. The molecule has 0 bridgehead atoms. The van der Waals surface area contributed by atoms with Crippen LogP contribution in [-0.4, -0.2) is 56.1 Å². The predicted molar refractivity (Wildman–Crippen MR) is 239 cm³/mol. The van der Waals surface area contributed by atoms with Gasteiger partial charge in [-0.2, -0.15) is 0 Å². The minimum atomic E-state index is -0.737. The Balaban J connectivity index is 0.000000237. The SMILES string of the molecule is Cc1nccc2c1c(=O)n(C)c1c(F)c(OC[C@@H](N)CC(C)C)c(Cl)cc21.Cc1nccc2c1c(=O)n(C)c1c(F)c(OC[C@H](CC(C)C)NC(=O)OC(C)(C)C)c(Cl)cc21. The standard InChI is InChI=1S/C25H31ClFN3O4.C20H23ClFN3O2/c1-13(2)10-15(29-24(32)34-25(4,5)6)12-33-22-18(26)11-17-16-8-9-28-14(3)19(16)23(31)30(7)21(17)20(22)27;1-10(2)7-12(23)9-27-19-15(21)8-14-13-5-6-24-11(3)16(13)20(26)25(4)18(14)17(19)22/h8-9,11,13,15H,10,12H2,1-7H3,(H,29,32);5-6,8,10,12H,7,9,23H2,1-4H3/t15-;12-/m00/s1. The molecular formula is C45H54Cl2F2N6O6. The first-order chi connectivity index (χ1) is 28.5. The van der Waals surface area contributed by atoms with Crippen LogP contribution in [0.3, 0.4) is 0 Å². The number of aryl methyl sites for hydroxylation is 4. The van der Waals surface area contributed by atoms with E-state index in [2.05, 4.69) is 29.1 Å². The number of hydrogen-bond acceptors (Lipinski definition) is 9. The first-order valence-electron chi connectivity index (χ1n) is 20.0. The molecule has 0 unspecified atom stereocenters. The summed E-state index contributed by atoms with van der Waals surface area (Å²) in [5, 5.41) is 6.09. The predicted octanol–water partition coefficient (Wildman–Crippen LogP) is 9.45. The molecule has 6 rings (SSSR count). The number of halogens is 4. The molecule has 4 heterocycles. The zero-order valence-electron chi connectivity index (χ0n) is 36.4. The van der Waals surface area contributed by atoms with Crippen molar-refractivity contribution in [2.24, 2.45) is 31.7 Å². The molecule has 1 amide bonds. The van der Waals surface area contributed by atoms with Crippen molar-refractivity contribution < 1.29 is 27.8 Å². The van der Waals surface area contributed by atoms with Crippen LogP contribution in [0.4, 0.5) is 13.6 Å². The number of amides is 1. The molecule has 3 N–H and O–H groups in total. The minimum Gasteiger partial charge on any atom is -0.487 e. The van der Waals surface area contributed by atoms with E-state index in [9.17, 15) is 14.4 Å². The lowest BCUT2D eigenvalue weighted by atomic mass is 10.0. The van der Waals surface area contributed by atoms with Gasteiger partial charge in [-0.15, -0.1) is 0 Å². The van der Waals surface area contributed by atoms with Crippen LogP contribution in [0.15, 0.2) is 46.2 Å². The summed E-state index contributed by atoms with van der Waals surface area (Å²) in [6.07, 6.45) is 3.93. The van der Waals surface area contributed by atoms with Crippen molar-refractivity contribution in [2.75, 3.05) is 13.2 Å². The molecule has 0 aliphatic rings. The molecule has 16 heteroatoms. The van der Waals surface area contributed by atoms with Crippen LogP contribution in [0.5, 0.6) is 11.5 Å². The van der Waals surface area contributed by atoms with E-state index in [0.717, 1.165) is 6.42 Å². The van der Waals surface area contributed by atoms with Crippen LogP contribution in [0.25, 0.3) is 43.4 Å². The van der Waals surface area contributed by atoms with Gasteiger partial charge >= 0.3 is 6.09 Å². The van der Waals surface area contributed by atoms with E-state index >= 15 is 8.78 Å². The molecule has 0 spiro atoms. The average Bonchev–Trinajstić information content (AvgIpc) is 3.14. The maximum atomic E-state index is 15.7. The third-order valence-electron chi connectivity index (χ3n) is 9.99. The normalized spacial score (nSPS) is 12.9. The second kappa shape index (κ2) is 18.9. The molecule has 61 heavy (non-hydrogen) atoms. The summed E-state index contributed by atoms with van der Waals surface area (Å²) in [6, 6.07) is 5.92. The molecule has 0 saturated carbocycles. The lowest BCUT2D eigenvalue weighted by molar-refractivity contribution is 0.0479. The highest BCUT2D eigenvalue weighted by molar-refractivity contribution is 6.34. The number of pyridine rings is 4. The van der Waals surface area contributed by atoms with Gasteiger partial charge in [0.05, 0.1) is 49.3 Å². The van der Waals surface area contributed by atoms with Crippen molar-refractivity contribution in [1.82, 2.24) is 24.4 Å². The molecule has 6 aromatic rings. The molecule has 0 saturated heterocycles. The van der Waals surface area contributed by atoms with Gasteiger partial charge in [-0.3, -0.25) is 19.6 Å². The monoisotopic (exact) mass is 882 g/mol. The first-order valence-corrected chi connectivity index (χ1v) is 20.8. The van der Waals surface area contributed by atoms with Gasteiger partial charge in [0.1, 0.15) is 18.8 Å². The number of fused-ring (bicyclic) bond motifs is 6. The van der Waals surface area contributed by atoms with Gasteiger partial charge < -0.3 is 34.4 Å². The molecule has 0 fully saturated rings. The number of nitrogens with two attached hydrogens (primary N) is 1. The summed E-state index contributed by atoms with van der Waals surface area (Å²) >= 11 is 12.8. The maximum Gasteiger partial charge on any atom is 0.407 e. The molecule has 328 valence electrons. The van der Waals surface area contributed by atoms with Gasteiger partial charge in [-0.05, 0) is 83.6 Å². The van der Waals surface area contributed by atoms with Gasteiger partial charge in [0.15, 0.2) is 23.1 Å². The Hall–Kier alpha value is -5.05. The van der Waals surface area contributed by atoms with Crippen molar-refractivity contribution in [1.29, 1.82) is 0 Å². The molecule has 0 aliphatic heterocycles. The van der Waals surface area contributed by atoms with Crippen LogP contribution < -0.4 is 31.6 Å². The quantitative estimate of drug-likeness (QED) is 0.121. The number of nitrogens with zero attached hydrogens (tertiary/aromatic N) is 4. The van der Waals surface area contributed by atoms with E-state index in [-0.39, 0.29) is 68.9 Å². The second-order valence-electron chi connectivity index (χ2n) is 17.1. The van der Waals surface area contributed by atoms with Crippen molar-refractivity contribution in [3.8, 4) is 11.5 Å². The van der Waals surface area contributed by atoms with Gasteiger partial charge in [-0.25, -0.2) is 13.6 Å². The molecule has 12 nitrogen and oxygen atoms in total. The summed E-state index contributed by atoms with van der Waals surface area (Å²) in [5.41, 5.74) is 6.09. The van der Waals surface area contributed by atoms with Crippen LogP contribution >= 0.6 is 23.2 Å². The van der Waals surface area contributed by atoms with Crippen molar-refractivity contribution in [2.45, 2.75) is 92.8 Å². The molecule has 0 radical (unpaired) electrons. The lowest BCUT2D eigenvalue weighted by Gasteiger charge is -2.25. The molecular weight excluding hydrogens is 829 g/mol. The average molecular weight is 884 g/mol. The summed E-state index contributed by atoms with van der Waals surface area (Å²) in [5.74, 6) is -1.00. The highest BCUT2D eigenvalue weighted by Gasteiger charge is 2.25. The van der Waals surface area contributed by atoms with Crippen LogP contribution in [0, 0.1) is 37.3 Å². The molecule has 2 atom stereocenters. The number of ether oxygens (including phenoxy) is 3. The van der Waals surface area contributed by atoms with Gasteiger partial charge in [0.2, 0.25) is 0 Å². The Morgan fingerprint density at radius 3 is 1.61 bits per heavy atom. The zero-order chi connectivity index (χ0) is 45.2. The lowest BCUT2D eigenvalue weighted by Crippen LogP contribution is -2.42. The number of nitrogens with one attached hydrogen (secondary N) is 1. The number of hydrogen-bond donors (Lipinski definition) is 2. The topological polar surface area (TPSA) is 153 Å². The van der Waals surface area contributed by atoms with Crippen molar-refractivity contribution >= 4 is 72.6 Å². The fourth-order valence-electron chi connectivity index (χ4n) is 7.43. The summed E-state index contributed by atoms with van der Waals surface area (Å²) in [6.45, 7) is 17.1. The van der Waals surface area contributed by atoms with Crippen molar-refractivity contribution in [3.05, 3.63) is 90.4 Å². The molecule has 4 aromatic heterocycles. The Morgan fingerprint density at radius 2 is 1.20 bits per heavy atom. The van der Waals surface area contributed by atoms with Gasteiger partial charge in [0.25, 0.3) is 11.1 Å². The van der Waals surface area contributed by atoms with E-state index in [1.807, 2.05) is 13.8 Å². The van der Waals surface area contributed by atoms with E-state index in [1.54, 1.807) is 71.3 Å². The Labute approximate surface area is 363 Å². The Morgan fingerprint density at radius 1 is 0.770 bits per heavy atom. The summed E-state index contributed by atoms with van der Waals surface area (Å²) in [4.78, 5) is 46.3. The van der Waals surface area contributed by atoms with E-state index < -0.39 is 29.4 Å². The van der Waals surface area contributed by atoms with Crippen LogP contribution in [-0.2, 0) is 18.8 Å². The fraction of sp³-hybridized carbons (Fsp3) is 0.444. The minimum absolute atomic E-state index is 0.0237. The van der Waals surface area contributed by atoms with E-state index in [1.165, 1.54) is 23.2 Å². The van der Waals surface area contributed by atoms with E-state index in [4.69, 9.17) is 43.1 Å². The smallest absolute Gasteiger partial charge is 0.407 e. The number of benzene rings is 2. The number of alkyl carbamates (subject to hydrolysis) is 1.